The van der Waals surface area contributed by atoms with Crippen LogP contribution in [0, 0.1) is 0 Å². The summed E-state index contributed by atoms with van der Waals surface area (Å²) in [5.74, 6) is 2.95. The van der Waals surface area contributed by atoms with Gasteiger partial charge in [-0.25, -0.2) is 4.98 Å². The van der Waals surface area contributed by atoms with Gasteiger partial charge in [0.05, 0.1) is 19.6 Å². The molecule has 2 aromatic rings. The first-order chi connectivity index (χ1) is 8.35. The van der Waals surface area contributed by atoms with Gasteiger partial charge in [0.15, 0.2) is 0 Å². The van der Waals surface area contributed by atoms with Gasteiger partial charge in [-0.05, 0) is 12.1 Å². The van der Waals surface area contributed by atoms with Gasteiger partial charge in [-0.15, -0.1) is 0 Å². The standard InChI is InChI=1S/C12H16N4O/c13-7-10-1-2-11(17-10)8-15-5-6-16-4-3-14-12(16)9-15/h1-4H,5-9,13H2. The molecule has 17 heavy (non-hydrogen) atoms. The average molecular weight is 232 g/mol. The lowest BCUT2D eigenvalue weighted by Crippen LogP contribution is -2.33. The zero-order valence-electron chi connectivity index (χ0n) is 9.67. The van der Waals surface area contributed by atoms with Gasteiger partial charge in [-0.1, -0.05) is 0 Å². The van der Waals surface area contributed by atoms with Gasteiger partial charge in [0.1, 0.15) is 17.3 Å². The van der Waals surface area contributed by atoms with Gasteiger partial charge < -0.3 is 14.7 Å². The molecule has 90 valence electrons. The zero-order chi connectivity index (χ0) is 11.7. The molecule has 0 unspecified atom stereocenters. The van der Waals surface area contributed by atoms with Crippen molar-refractivity contribution in [3.05, 3.63) is 41.9 Å². The molecular formula is C12H16N4O. The van der Waals surface area contributed by atoms with Crippen molar-refractivity contribution < 1.29 is 4.42 Å². The number of imidazole rings is 1. The first kappa shape index (κ1) is 10.6. The average Bonchev–Trinajstić information content (AvgIpc) is 2.96. The minimum Gasteiger partial charge on any atom is -0.463 e. The molecule has 0 radical (unpaired) electrons. The summed E-state index contributed by atoms with van der Waals surface area (Å²) in [5.41, 5.74) is 5.52. The molecule has 0 bridgehead atoms. The van der Waals surface area contributed by atoms with Crippen molar-refractivity contribution in [2.45, 2.75) is 26.2 Å². The van der Waals surface area contributed by atoms with E-state index in [2.05, 4.69) is 14.5 Å². The van der Waals surface area contributed by atoms with Gasteiger partial charge in [-0.3, -0.25) is 4.90 Å². The molecule has 0 fully saturated rings. The Balaban J connectivity index is 1.67. The van der Waals surface area contributed by atoms with Crippen molar-refractivity contribution in [1.29, 1.82) is 0 Å². The van der Waals surface area contributed by atoms with E-state index in [0.29, 0.717) is 6.54 Å². The quantitative estimate of drug-likeness (QED) is 0.856. The highest BCUT2D eigenvalue weighted by molar-refractivity contribution is 5.07. The largest absolute Gasteiger partial charge is 0.463 e. The number of nitrogens with zero attached hydrogens (tertiary/aromatic N) is 3. The van der Waals surface area contributed by atoms with Crippen LogP contribution in [0.4, 0.5) is 0 Å². The van der Waals surface area contributed by atoms with Gasteiger partial charge >= 0.3 is 0 Å². The topological polar surface area (TPSA) is 60.2 Å². The monoisotopic (exact) mass is 232 g/mol. The second-order valence-corrected chi connectivity index (χ2v) is 4.32. The second-order valence-electron chi connectivity index (χ2n) is 4.32. The van der Waals surface area contributed by atoms with Crippen molar-refractivity contribution in [3.63, 3.8) is 0 Å². The molecule has 3 rings (SSSR count). The predicted octanol–water partition coefficient (Wildman–Crippen LogP) is 0.951. The molecule has 0 saturated carbocycles. The van der Waals surface area contributed by atoms with E-state index in [9.17, 15) is 0 Å². The molecule has 0 atom stereocenters. The predicted molar refractivity (Wildman–Crippen MR) is 62.9 cm³/mol. The van der Waals surface area contributed by atoms with Gasteiger partial charge in [0, 0.05) is 25.5 Å². The maximum absolute atomic E-state index is 5.61. The molecule has 0 spiro atoms. The third-order valence-corrected chi connectivity index (χ3v) is 3.12. The summed E-state index contributed by atoms with van der Waals surface area (Å²) in [7, 11) is 0. The van der Waals surface area contributed by atoms with Crippen LogP contribution >= 0.6 is 0 Å². The van der Waals surface area contributed by atoms with Crippen LogP contribution < -0.4 is 5.73 Å². The maximum Gasteiger partial charge on any atom is 0.122 e. The summed E-state index contributed by atoms with van der Waals surface area (Å²) in [6.07, 6.45) is 3.89. The van der Waals surface area contributed by atoms with Crippen molar-refractivity contribution in [3.8, 4) is 0 Å². The van der Waals surface area contributed by atoms with Crippen LogP contribution in [0.1, 0.15) is 17.3 Å². The molecule has 0 saturated heterocycles. The number of nitrogens with two attached hydrogens (primary N) is 1. The van der Waals surface area contributed by atoms with Crippen LogP contribution in [0.5, 0.6) is 0 Å². The summed E-state index contributed by atoms with van der Waals surface area (Å²) in [4.78, 5) is 6.68. The van der Waals surface area contributed by atoms with Crippen molar-refractivity contribution >= 4 is 0 Å². The third-order valence-electron chi connectivity index (χ3n) is 3.12. The Morgan fingerprint density at radius 1 is 1.29 bits per heavy atom. The summed E-state index contributed by atoms with van der Waals surface area (Å²) < 4.78 is 7.81. The minimum atomic E-state index is 0.463. The summed E-state index contributed by atoms with van der Waals surface area (Å²) in [6, 6.07) is 3.95. The Morgan fingerprint density at radius 3 is 3.00 bits per heavy atom. The summed E-state index contributed by atoms with van der Waals surface area (Å²) in [5, 5.41) is 0. The van der Waals surface area contributed by atoms with Crippen LogP contribution in [0.3, 0.4) is 0 Å². The number of hydrogen-bond donors (Lipinski definition) is 1. The Labute approximate surface area is 99.8 Å². The molecule has 3 heterocycles. The Kier molecular flexibility index (Phi) is 2.70. The normalized spacial score (nSPS) is 16.1. The van der Waals surface area contributed by atoms with Crippen LogP contribution in [0.2, 0.25) is 0 Å². The van der Waals surface area contributed by atoms with E-state index < -0.39 is 0 Å². The molecule has 1 aliphatic heterocycles. The van der Waals surface area contributed by atoms with E-state index in [-0.39, 0.29) is 0 Å². The molecule has 0 aliphatic carbocycles. The molecule has 0 aromatic carbocycles. The number of fused-ring (bicyclic) bond motifs is 1. The van der Waals surface area contributed by atoms with Crippen LogP contribution in [0.15, 0.2) is 28.9 Å². The lowest BCUT2D eigenvalue weighted by atomic mass is 10.3. The van der Waals surface area contributed by atoms with E-state index in [1.807, 2.05) is 24.5 Å². The van der Waals surface area contributed by atoms with Crippen molar-refractivity contribution in [1.82, 2.24) is 14.5 Å². The van der Waals surface area contributed by atoms with Gasteiger partial charge in [0.2, 0.25) is 0 Å². The smallest absolute Gasteiger partial charge is 0.122 e. The Bertz CT molecular complexity index is 502. The molecule has 2 aromatic heterocycles. The summed E-state index contributed by atoms with van der Waals surface area (Å²) in [6.45, 7) is 4.20. The highest BCUT2D eigenvalue weighted by Gasteiger charge is 2.17. The molecule has 0 amide bonds. The van der Waals surface area contributed by atoms with E-state index in [1.165, 1.54) is 0 Å². The number of furan rings is 1. The number of aromatic nitrogens is 2. The van der Waals surface area contributed by atoms with E-state index in [4.69, 9.17) is 10.2 Å². The summed E-state index contributed by atoms with van der Waals surface area (Å²) >= 11 is 0. The maximum atomic E-state index is 5.61. The molecule has 5 nitrogen and oxygen atoms in total. The van der Waals surface area contributed by atoms with Crippen LogP contribution in [0.25, 0.3) is 0 Å². The Morgan fingerprint density at radius 2 is 2.18 bits per heavy atom. The highest BCUT2D eigenvalue weighted by atomic mass is 16.3. The van der Waals surface area contributed by atoms with Gasteiger partial charge in [-0.2, -0.15) is 0 Å². The molecule has 5 heteroatoms. The molecule has 2 N–H and O–H groups in total. The highest BCUT2D eigenvalue weighted by Crippen LogP contribution is 2.15. The zero-order valence-corrected chi connectivity index (χ0v) is 9.67. The minimum absolute atomic E-state index is 0.463. The second kappa shape index (κ2) is 4.35. The van der Waals surface area contributed by atoms with Crippen molar-refractivity contribution in [2.24, 2.45) is 5.73 Å². The fourth-order valence-electron chi connectivity index (χ4n) is 2.20. The number of hydrogen-bond acceptors (Lipinski definition) is 4. The lowest BCUT2D eigenvalue weighted by Gasteiger charge is -2.26. The van der Waals surface area contributed by atoms with E-state index >= 15 is 0 Å². The Hall–Kier alpha value is -1.59. The molecule has 1 aliphatic rings. The SMILES string of the molecule is NCc1ccc(CN2CCn3ccnc3C2)o1. The lowest BCUT2D eigenvalue weighted by molar-refractivity contribution is 0.192. The van der Waals surface area contributed by atoms with Crippen molar-refractivity contribution in [2.75, 3.05) is 6.54 Å². The van der Waals surface area contributed by atoms with Crippen LogP contribution in [-0.4, -0.2) is 21.0 Å². The van der Waals surface area contributed by atoms with Crippen LogP contribution in [-0.2, 0) is 26.2 Å². The fourth-order valence-corrected chi connectivity index (χ4v) is 2.20. The first-order valence-electron chi connectivity index (χ1n) is 5.85. The third kappa shape index (κ3) is 2.11. The van der Waals surface area contributed by atoms with E-state index in [1.54, 1.807) is 0 Å². The first-order valence-corrected chi connectivity index (χ1v) is 5.85. The van der Waals surface area contributed by atoms with Gasteiger partial charge in [0.25, 0.3) is 0 Å². The van der Waals surface area contributed by atoms with E-state index in [0.717, 1.165) is 43.5 Å². The fraction of sp³-hybridized carbons (Fsp3) is 0.417. The number of rotatable bonds is 3. The molecular weight excluding hydrogens is 216 g/mol.